The minimum absolute atomic E-state index is 0.275. The predicted molar refractivity (Wildman–Crippen MR) is 136 cm³/mol. The number of carboxylic acids is 1. The molecule has 0 spiro atoms. The number of alkyl halides is 1. The van der Waals surface area contributed by atoms with Crippen LogP contribution in [0.25, 0.3) is 11.1 Å². The van der Waals surface area contributed by atoms with Crippen molar-refractivity contribution >= 4 is 17.8 Å². The topological polar surface area (TPSA) is 175 Å². The number of ether oxygens (including phenoxy) is 2. The SMILES string of the molecule is C=CCOC1(C(=O)O)CC(O)C(NC(=O)CF)C([C@@H](O)[C@H](O)CNC(=O)c2ccc(-c3ccccc3)cc2)O1. The van der Waals surface area contributed by atoms with Gasteiger partial charge in [0.05, 0.1) is 24.9 Å². The number of amides is 2. The molecular weight excluding hydrogens is 515 g/mol. The minimum Gasteiger partial charge on any atom is -0.477 e. The lowest BCUT2D eigenvalue weighted by Gasteiger charge is -2.46. The van der Waals surface area contributed by atoms with Gasteiger partial charge in [-0.1, -0.05) is 48.5 Å². The van der Waals surface area contributed by atoms with Crippen molar-refractivity contribution in [2.45, 2.75) is 42.7 Å². The summed E-state index contributed by atoms with van der Waals surface area (Å²) in [7, 11) is 0. The predicted octanol–water partition coefficient (Wildman–Crippen LogP) is 0.393. The monoisotopic (exact) mass is 546 g/mol. The number of aliphatic hydroxyl groups is 3. The molecule has 0 bridgehead atoms. The lowest BCUT2D eigenvalue weighted by molar-refractivity contribution is -0.307. The van der Waals surface area contributed by atoms with Crippen LogP contribution in [0.2, 0.25) is 0 Å². The molecule has 12 heteroatoms. The molecule has 6 atom stereocenters. The number of benzene rings is 2. The second-order valence-corrected chi connectivity index (χ2v) is 8.95. The van der Waals surface area contributed by atoms with Gasteiger partial charge in [0.2, 0.25) is 0 Å². The second kappa shape index (κ2) is 13.4. The Morgan fingerprint density at radius 1 is 1.13 bits per heavy atom. The molecule has 2 aromatic carbocycles. The number of aliphatic hydroxyl groups excluding tert-OH is 3. The van der Waals surface area contributed by atoms with Crippen LogP contribution in [0.3, 0.4) is 0 Å². The van der Waals surface area contributed by atoms with Crippen molar-refractivity contribution in [3.63, 3.8) is 0 Å². The highest BCUT2D eigenvalue weighted by atomic mass is 19.1. The van der Waals surface area contributed by atoms with E-state index in [0.717, 1.165) is 11.1 Å². The van der Waals surface area contributed by atoms with E-state index in [2.05, 4.69) is 17.2 Å². The van der Waals surface area contributed by atoms with Crippen LogP contribution in [0, 0.1) is 0 Å². The summed E-state index contributed by atoms with van der Waals surface area (Å²) in [5.74, 6) is -5.82. The number of rotatable bonds is 12. The van der Waals surface area contributed by atoms with E-state index in [1.54, 1.807) is 24.3 Å². The molecule has 4 unspecified atom stereocenters. The number of nitrogens with one attached hydrogen (secondary N) is 2. The maximum atomic E-state index is 12.9. The first-order chi connectivity index (χ1) is 18.6. The van der Waals surface area contributed by atoms with Crippen molar-refractivity contribution in [2.24, 2.45) is 0 Å². The van der Waals surface area contributed by atoms with Crippen molar-refractivity contribution in [3.05, 3.63) is 72.8 Å². The van der Waals surface area contributed by atoms with E-state index in [0.29, 0.717) is 0 Å². The van der Waals surface area contributed by atoms with Crippen molar-refractivity contribution in [2.75, 3.05) is 19.8 Å². The fraction of sp³-hybridized carbons (Fsp3) is 0.370. The Morgan fingerprint density at radius 3 is 2.36 bits per heavy atom. The number of carbonyl (C=O) groups is 3. The highest BCUT2D eigenvalue weighted by Gasteiger charge is 2.55. The molecule has 1 saturated heterocycles. The van der Waals surface area contributed by atoms with Crippen molar-refractivity contribution in [3.8, 4) is 11.1 Å². The minimum atomic E-state index is -2.46. The van der Waals surface area contributed by atoms with Crippen LogP contribution < -0.4 is 10.6 Å². The van der Waals surface area contributed by atoms with Gasteiger partial charge in [-0.05, 0) is 23.3 Å². The summed E-state index contributed by atoms with van der Waals surface area (Å²) in [6.07, 6.45) is -6.57. The number of hydrogen-bond acceptors (Lipinski definition) is 8. The molecule has 3 rings (SSSR count). The molecule has 11 nitrogen and oxygen atoms in total. The fourth-order valence-corrected chi connectivity index (χ4v) is 4.22. The summed E-state index contributed by atoms with van der Waals surface area (Å²) in [5.41, 5.74) is 2.12. The molecular formula is C27H31FN2O9. The molecule has 1 aliphatic heterocycles. The summed E-state index contributed by atoms with van der Waals surface area (Å²) in [4.78, 5) is 36.3. The van der Waals surface area contributed by atoms with Crippen molar-refractivity contribution in [1.29, 1.82) is 0 Å². The lowest BCUT2D eigenvalue weighted by atomic mass is 9.88. The molecule has 2 aromatic rings. The second-order valence-electron chi connectivity index (χ2n) is 8.95. The smallest absolute Gasteiger partial charge is 0.364 e. The Morgan fingerprint density at radius 2 is 1.77 bits per heavy atom. The van der Waals surface area contributed by atoms with E-state index in [-0.39, 0.29) is 12.2 Å². The summed E-state index contributed by atoms with van der Waals surface area (Å²) < 4.78 is 23.6. The van der Waals surface area contributed by atoms with Gasteiger partial charge in [0.15, 0.2) is 6.67 Å². The Bertz CT molecular complexity index is 1150. The molecule has 0 saturated carbocycles. The van der Waals surface area contributed by atoms with Crippen LogP contribution in [-0.4, -0.2) is 94.3 Å². The zero-order valence-corrected chi connectivity index (χ0v) is 20.9. The third-order valence-corrected chi connectivity index (χ3v) is 6.24. The van der Waals surface area contributed by atoms with E-state index >= 15 is 0 Å². The van der Waals surface area contributed by atoms with Gasteiger partial charge in [0.1, 0.15) is 12.2 Å². The maximum Gasteiger partial charge on any atom is 0.364 e. The van der Waals surface area contributed by atoms with Gasteiger partial charge in [0.25, 0.3) is 17.6 Å². The van der Waals surface area contributed by atoms with Crippen LogP contribution in [0.15, 0.2) is 67.3 Å². The van der Waals surface area contributed by atoms with Gasteiger partial charge in [-0.3, -0.25) is 9.59 Å². The summed E-state index contributed by atoms with van der Waals surface area (Å²) in [5, 5.41) is 46.4. The van der Waals surface area contributed by atoms with Gasteiger partial charge < -0.3 is 40.5 Å². The standard InChI is InChI=1S/C27H31FN2O9/c1-2-12-38-27(26(36)37)13-19(31)22(30-21(33)14-28)24(39-27)23(34)20(32)15-29-25(35)18-10-8-17(9-11-18)16-6-4-3-5-7-16/h2-11,19-20,22-24,31-32,34H,1,12-15H2,(H,29,35)(H,30,33)(H,36,37)/t19?,20-,22?,23+,24?,27?/m1/s1. The number of hydrogen-bond donors (Lipinski definition) is 6. The summed E-state index contributed by atoms with van der Waals surface area (Å²) in [6, 6.07) is 14.7. The van der Waals surface area contributed by atoms with E-state index in [4.69, 9.17) is 9.47 Å². The molecule has 1 aliphatic rings. The van der Waals surface area contributed by atoms with E-state index < -0.39 is 73.7 Å². The van der Waals surface area contributed by atoms with E-state index in [1.165, 1.54) is 6.08 Å². The number of halogens is 1. The van der Waals surface area contributed by atoms with Crippen LogP contribution in [0.4, 0.5) is 4.39 Å². The Hall–Kier alpha value is -3.68. The molecule has 2 amide bonds. The highest BCUT2D eigenvalue weighted by molar-refractivity contribution is 5.94. The molecule has 6 N–H and O–H groups in total. The lowest BCUT2D eigenvalue weighted by Crippen LogP contribution is -2.68. The van der Waals surface area contributed by atoms with E-state index in [9.17, 15) is 39.2 Å². The van der Waals surface area contributed by atoms with Crippen molar-refractivity contribution in [1.82, 2.24) is 10.6 Å². The summed E-state index contributed by atoms with van der Waals surface area (Å²) in [6.45, 7) is 1.16. The first-order valence-electron chi connectivity index (χ1n) is 12.1. The van der Waals surface area contributed by atoms with E-state index in [1.807, 2.05) is 30.3 Å². The average Bonchev–Trinajstić information content (AvgIpc) is 2.95. The molecule has 210 valence electrons. The number of aliphatic carboxylic acids is 1. The third kappa shape index (κ3) is 7.25. The Labute approximate surface area is 223 Å². The van der Waals surface area contributed by atoms with Gasteiger partial charge in [-0.15, -0.1) is 6.58 Å². The third-order valence-electron chi connectivity index (χ3n) is 6.24. The first-order valence-corrected chi connectivity index (χ1v) is 12.1. The van der Waals surface area contributed by atoms with Crippen molar-refractivity contribution < 1.29 is 48.7 Å². The quantitative estimate of drug-likeness (QED) is 0.206. The molecule has 0 aromatic heterocycles. The molecule has 0 aliphatic carbocycles. The molecule has 1 fully saturated rings. The average molecular weight is 547 g/mol. The first kappa shape index (κ1) is 29.9. The molecule has 39 heavy (non-hydrogen) atoms. The normalized spacial score (nSPS) is 24.3. The van der Waals surface area contributed by atoms with Gasteiger partial charge in [-0.2, -0.15) is 0 Å². The van der Waals surface area contributed by atoms with Crippen LogP contribution in [-0.2, 0) is 19.1 Å². The Kier molecular flexibility index (Phi) is 10.3. The largest absolute Gasteiger partial charge is 0.477 e. The summed E-state index contributed by atoms with van der Waals surface area (Å²) >= 11 is 0. The zero-order valence-electron chi connectivity index (χ0n) is 20.9. The zero-order chi connectivity index (χ0) is 28.6. The maximum absolute atomic E-state index is 12.9. The number of carboxylic acid groups (broad SMARTS) is 1. The number of carbonyl (C=O) groups excluding carboxylic acids is 2. The van der Waals surface area contributed by atoms with Gasteiger partial charge in [-0.25, -0.2) is 9.18 Å². The van der Waals surface area contributed by atoms with Crippen LogP contribution in [0.5, 0.6) is 0 Å². The Balaban J connectivity index is 1.72. The fourth-order valence-electron chi connectivity index (χ4n) is 4.22. The van der Waals surface area contributed by atoms with Gasteiger partial charge >= 0.3 is 5.97 Å². The van der Waals surface area contributed by atoms with Crippen LogP contribution in [0.1, 0.15) is 16.8 Å². The molecule has 0 radical (unpaired) electrons. The highest BCUT2D eigenvalue weighted by Crippen LogP contribution is 2.33. The van der Waals surface area contributed by atoms with Crippen LogP contribution >= 0.6 is 0 Å². The molecule has 1 heterocycles. The van der Waals surface area contributed by atoms with Gasteiger partial charge in [0, 0.05) is 18.5 Å².